The average Bonchev–Trinajstić information content (AvgIpc) is 2.30. The zero-order chi connectivity index (χ0) is 12.0. The first-order valence-electron chi connectivity index (χ1n) is 5.37. The van der Waals surface area contributed by atoms with Gasteiger partial charge in [-0.3, -0.25) is 0 Å². The van der Waals surface area contributed by atoms with Crippen LogP contribution in [0.2, 0.25) is 0 Å². The van der Waals surface area contributed by atoms with E-state index in [0.29, 0.717) is 18.7 Å². The molecule has 1 rings (SSSR count). The number of aliphatic hydroxyl groups is 1. The van der Waals surface area contributed by atoms with Gasteiger partial charge in [-0.2, -0.15) is 0 Å². The standard InChI is InChI=1S/C12H18FNO2/c1-9(16-7-6-14)11(8-15)10-4-2-3-5-12(10)13/h2-5,9,11,15H,6-8,14H2,1H3/t9-,11?/m1/s1. The number of halogens is 1. The third-order valence-corrected chi connectivity index (χ3v) is 2.57. The molecule has 3 nitrogen and oxygen atoms in total. The van der Waals surface area contributed by atoms with Crippen LogP contribution in [0.5, 0.6) is 0 Å². The molecule has 0 aliphatic rings. The van der Waals surface area contributed by atoms with E-state index in [2.05, 4.69) is 0 Å². The first-order chi connectivity index (χ1) is 7.70. The van der Waals surface area contributed by atoms with Gasteiger partial charge in [0.2, 0.25) is 0 Å². The number of rotatable bonds is 6. The molecule has 0 heterocycles. The van der Waals surface area contributed by atoms with Gasteiger partial charge in [0.15, 0.2) is 0 Å². The van der Waals surface area contributed by atoms with Crippen LogP contribution in [0, 0.1) is 5.82 Å². The van der Waals surface area contributed by atoms with E-state index in [1.807, 2.05) is 6.92 Å². The Morgan fingerprint density at radius 2 is 2.12 bits per heavy atom. The van der Waals surface area contributed by atoms with Crippen molar-refractivity contribution in [1.82, 2.24) is 0 Å². The van der Waals surface area contributed by atoms with Crippen molar-refractivity contribution in [3.05, 3.63) is 35.6 Å². The Kier molecular flexibility index (Phi) is 5.38. The summed E-state index contributed by atoms with van der Waals surface area (Å²) in [6.45, 7) is 2.49. The van der Waals surface area contributed by atoms with Crippen LogP contribution < -0.4 is 5.73 Å². The van der Waals surface area contributed by atoms with Crippen LogP contribution in [0.4, 0.5) is 4.39 Å². The maximum Gasteiger partial charge on any atom is 0.126 e. The second-order valence-corrected chi connectivity index (χ2v) is 3.68. The Morgan fingerprint density at radius 3 is 2.69 bits per heavy atom. The van der Waals surface area contributed by atoms with Crippen molar-refractivity contribution in [2.45, 2.75) is 18.9 Å². The van der Waals surface area contributed by atoms with Gasteiger partial charge in [-0.1, -0.05) is 18.2 Å². The van der Waals surface area contributed by atoms with Crippen LogP contribution in [-0.4, -0.2) is 31.0 Å². The van der Waals surface area contributed by atoms with Crippen LogP contribution in [0.1, 0.15) is 18.4 Å². The van der Waals surface area contributed by atoms with E-state index in [9.17, 15) is 9.50 Å². The molecule has 0 aliphatic heterocycles. The predicted octanol–water partition coefficient (Wildman–Crippen LogP) is 1.27. The zero-order valence-corrected chi connectivity index (χ0v) is 9.40. The van der Waals surface area contributed by atoms with Gasteiger partial charge in [-0.15, -0.1) is 0 Å². The third kappa shape index (κ3) is 3.27. The summed E-state index contributed by atoms with van der Waals surface area (Å²) in [7, 11) is 0. The Balaban J connectivity index is 2.77. The molecule has 1 aromatic rings. The molecule has 16 heavy (non-hydrogen) atoms. The molecule has 0 spiro atoms. The van der Waals surface area contributed by atoms with Gasteiger partial charge in [0.25, 0.3) is 0 Å². The van der Waals surface area contributed by atoms with E-state index in [1.54, 1.807) is 18.2 Å². The summed E-state index contributed by atoms with van der Waals surface area (Å²) in [6, 6.07) is 6.42. The molecule has 0 fully saturated rings. The van der Waals surface area contributed by atoms with E-state index in [1.165, 1.54) is 6.07 Å². The molecule has 2 atom stereocenters. The Bertz CT molecular complexity index is 320. The van der Waals surface area contributed by atoms with Crippen LogP contribution >= 0.6 is 0 Å². The second-order valence-electron chi connectivity index (χ2n) is 3.68. The van der Waals surface area contributed by atoms with Crippen LogP contribution in [-0.2, 0) is 4.74 Å². The van der Waals surface area contributed by atoms with Crippen molar-refractivity contribution in [3.63, 3.8) is 0 Å². The molecule has 0 aliphatic carbocycles. The molecule has 0 bridgehead atoms. The van der Waals surface area contributed by atoms with Crippen molar-refractivity contribution in [2.75, 3.05) is 19.8 Å². The molecule has 0 amide bonds. The van der Waals surface area contributed by atoms with Gasteiger partial charge in [-0.25, -0.2) is 4.39 Å². The van der Waals surface area contributed by atoms with Gasteiger partial charge in [-0.05, 0) is 18.6 Å². The molecular formula is C12H18FNO2. The molecule has 0 aromatic heterocycles. The third-order valence-electron chi connectivity index (χ3n) is 2.57. The summed E-state index contributed by atoms with van der Waals surface area (Å²) >= 11 is 0. The van der Waals surface area contributed by atoms with Gasteiger partial charge in [0, 0.05) is 12.5 Å². The number of benzene rings is 1. The maximum atomic E-state index is 13.5. The molecular weight excluding hydrogens is 209 g/mol. The van der Waals surface area contributed by atoms with Crippen molar-refractivity contribution >= 4 is 0 Å². The van der Waals surface area contributed by atoms with Gasteiger partial charge in [0.1, 0.15) is 5.82 Å². The Morgan fingerprint density at radius 1 is 1.44 bits per heavy atom. The first kappa shape index (κ1) is 13.1. The topological polar surface area (TPSA) is 55.5 Å². The lowest BCUT2D eigenvalue weighted by atomic mass is 9.94. The Hall–Kier alpha value is -0.970. The second kappa shape index (κ2) is 6.58. The first-order valence-corrected chi connectivity index (χ1v) is 5.37. The minimum absolute atomic E-state index is 0.146. The molecule has 1 aromatic carbocycles. The Labute approximate surface area is 95.0 Å². The average molecular weight is 227 g/mol. The van der Waals surface area contributed by atoms with E-state index >= 15 is 0 Å². The molecule has 4 heteroatoms. The van der Waals surface area contributed by atoms with Crippen molar-refractivity contribution in [3.8, 4) is 0 Å². The highest BCUT2D eigenvalue weighted by molar-refractivity contribution is 5.22. The van der Waals surface area contributed by atoms with Crippen molar-refractivity contribution in [2.24, 2.45) is 5.73 Å². The summed E-state index contributed by atoms with van der Waals surface area (Å²) in [6.07, 6.45) is -0.259. The monoisotopic (exact) mass is 227 g/mol. The summed E-state index contributed by atoms with van der Waals surface area (Å²) in [4.78, 5) is 0. The number of hydrogen-bond acceptors (Lipinski definition) is 3. The molecule has 90 valence electrons. The van der Waals surface area contributed by atoms with Gasteiger partial charge < -0.3 is 15.6 Å². The fourth-order valence-electron chi connectivity index (χ4n) is 1.65. The molecule has 1 unspecified atom stereocenters. The highest BCUT2D eigenvalue weighted by Crippen LogP contribution is 2.23. The van der Waals surface area contributed by atoms with Gasteiger partial charge in [0.05, 0.1) is 19.3 Å². The summed E-state index contributed by atoms with van der Waals surface area (Å²) in [5.74, 6) is -0.669. The van der Waals surface area contributed by atoms with Crippen LogP contribution in [0.15, 0.2) is 24.3 Å². The number of hydrogen-bond donors (Lipinski definition) is 2. The van der Waals surface area contributed by atoms with E-state index in [4.69, 9.17) is 10.5 Å². The number of ether oxygens (including phenoxy) is 1. The molecule has 0 saturated heterocycles. The quantitative estimate of drug-likeness (QED) is 0.769. The largest absolute Gasteiger partial charge is 0.396 e. The fourth-order valence-corrected chi connectivity index (χ4v) is 1.65. The fraction of sp³-hybridized carbons (Fsp3) is 0.500. The van der Waals surface area contributed by atoms with E-state index < -0.39 is 0 Å². The van der Waals surface area contributed by atoms with Crippen LogP contribution in [0.3, 0.4) is 0 Å². The molecule has 3 N–H and O–H groups in total. The predicted molar refractivity (Wildman–Crippen MR) is 60.7 cm³/mol. The lowest BCUT2D eigenvalue weighted by Gasteiger charge is -2.23. The van der Waals surface area contributed by atoms with Crippen LogP contribution in [0.25, 0.3) is 0 Å². The van der Waals surface area contributed by atoms with Gasteiger partial charge >= 0.3 is 0 Å². The smallest absolute Gasteiger partial charge is 0.126 e. The van der Waals surface area contributed by atoms with E-state index in [0.717, 1.165) is 0 Å². The summed E-state index contributed by atoms with van der Waals surface area (Å²) < 4.78 is 18.9. The van der Waals surface area contributed by atoms with E-state index in [-0.39, 0.29) is 24.4 Å². The number of aliphatic hydroxyl groups excluding tert-OH is 1. The summed E-state index contributed by atoms with van der Waals surface area (Å²) in [5, 5.41) is 9.30. The lowest BCUT2D eigenvalue weighted by molar-refractivity contribution is 0.0350. The highest BCUT2D eigenvalue weighted by atomic mass is 19.1. The molecule has 0 saturated carbocycles. The maximum absolute atomic E-state index is 13.5. The SMILES string of the molecule is C[C@@H](OCCN)C(CO)c1ccccc1F. The normalized spacial score (nSPS) is 14.8. The van der Waals surface area contributed by atoms with Crippen molar-refractivity contribution < 1.29 is 14.2 Å². The zero-order valence-electron chi connectivity index (χ0n) is 9.40. The summed E-state index contributed by atoms with van der Waals surface area (Å²) in [5.41, 5.74) is 5.81. The van der Waals surface area contributed by atoms with Crippen molar-refractivity contribution in [1.29, 1.82) is 0 Å². The number of nitrogens with two attached hydrogens (primary N) is 1. The minimum atomic E-state index is -0.354. The molecule has 0 radical (unpaired) electrons. The minimum Gasteiger partial charge on any atom is -0.396 e. The highest BCUT2D eigenvalue weighted by Gasteiger charge is 2.21. The lowest BCUT2D eigenvalue weighted by Crippen LogP contribution is -2.25.